The highest BCUT2D eigenvalue weighted by Gasteiger charge is 2.13. The minimum Gasteiger partial charge on any atom is -0.314 e. The normalized spacial score (nSPS) is 11.6. The molecular formula is C9H14N2O2. The van der Waals surface area contributed by atoms with Crippen LogP contribution in [-0.2, 0) is 6.42 Å². The van der Waals surface area contributed by atoms with Gasteiger partial charge in [0, 0.05) is 11.8 Å². The molecular weight excluding hydrogens is 168 g/mol. The molecule has 0 aliphatic heterocycles. The Labute approximate surface area is 76.0 Å². The highest BCUT2D eigenvalue weighted by molar-refractivity contribution is 5.05. The van der Waals surface area contributed by atoms with Crippen molar-refractivity contribution in [1.29, 1.82) is 0 Å². The van der Waals surface area contributed by atoms with Crippen LogP contribution < -0.4 is 11.2 Å². The molecule has 0 radical (unpaired) electrons. The second-order valence-electron chi connectivity index (χ2n) is 4.33. The van der Waals surface area contributed by atoms with Gasteiger partial charge in [-0.05, 0) is 11.8 Å². The Morgan fingerprint density at radius 3 is 2.38 bits per heavy atom. The summed E-state index contributed by atoms with van der Waals surface area (Å²) < 4.78 is 0. The quantitative estimate of drug-likeness (QED) is 0.669. The standard InChI is InChI=1S/C9H14N2O2/c1-9(2,3)4-6-5-10-8(13)11-7(6)12/h5H,4H2,1-3H3,(H2,10,11,12,13). The largest absolute Gasteiger partial charge is 0.325 e. The molecule has 4 heteroatoms. The van der Waals surface area contributed by atoms with Crippen molar-refractivity contribution in [3.63, 3.8) is 0 Å². The lowest BCUT2D eigenvalue weighted by molar-refractivity contribution is 0.408. The van der Waals surface area contributed by atoms with E-state index in [1.54, 1.807) is 0 Å². The van der Waals surface area contributed by atoms with Gasteiger partial charge >= 0.3 is 5.69 Å². The molecule has 0 aromatic carbocycles. The number of nitrogens with one attached hydrogen (secondary N) is 2. The molecule has 0 amide bonds. The van der Waals surface area contributed by atoms with Crippen molar-refractivity contribution in [2.75, 3.05) is 0 Å². The fraction of sp³-hybridized carbons (Fsp3) is 0.556. The molecule has 1 aromatic rings. The lowest BCUT2D eigenvalue weighted by Crippen LogP contribution is -2.27. The van der Waals surface area contributed by atoms with Crippen LogP contribution in [-0.4, -0.2) is 9.97 Å². The lowest BCUT2D eigenvalue weighted by Gasteiger charge is -2.16. The fourth-order valence-corrected chi connectivity index (χ4v) is 1.14. The van der Waals surface area contributed by atoms with Crippen molar-refractivity contribution in [1.82, 2.24) is 9.97 Å². The second kappa shape index (κ2) is 3.20. The molecule has 1 heterocycles. The van der Waals surface area contributed by atoms with Gasteiger partial charge in [-0.1, -0.05) is 20.8 Å². The molecule has 1 aromatic heterocycles. The molecule has 1 rings (SSSR count). The van der Waals surface area contributed by atoms with Crippen LogP contribution >= 0.6 is 0 Å². The van der Waals surface area contributed by atoms with Gasteiger partial charge in [0.2, 0.25) is 0 Å². The van der Waals surface area contributed by atoms with Crippen LogP contribution in [0, 0.1) is 5.41 Å². The Kier molecular flexibility index (Phi) is 2.40. The number of hydrogen-bond acceptors (Lipinski definition) is 2. The molecule has 4 nitrogen and oxygen atoms in total. The Balaban J connectivity index is 3.04. The zero-order valence-corrected chi connectivity index (χ0v) is 8.10. The molecule has 0 spiro atoms. The topological polar surface area (TPSA) is 65.7 Å². The van der Waals surface area contributed by atoms with E-state index < -0.39 is 5.69 Å². The Morgan fingerprint density at radius 2 is 1.92 bits per heavy atom. The maximum Gasteiger partial charge on any atom is 0.325 e. The van der Waals surface area contributed by atoms with Crippen LogP contribution in [0.2, 0.25) is 0 Å². The van der Waals surface area contributed by atoms with Crippen molar-refractivity contribution in [2.24, 2.45) is 5.41 Å². The Morgan fingerprint density at radius 1 is 1.31 bits per heavy atom. The number of aromatic amines is 2. The molecule has 0 saturated carbocycles. The predicted octanol–water partition coefficient (Wildman–Crippen LogP) is 0.652. The van der Waals surface area contributed by atoms with Gasteiger partial charge in [-0.25, -0.2) is 4.79 Å². The van der Waals surface area contributed by atoms with Crippen LogP contribution in [0.3, 0.4) is 0 Å². The van der Waals surface area contributed by atoms with E-state index >= 15 is 0 Å². The molecule has 0 aliphatic rings. The molecule has 0 saturated heterocycles. The summed E-state index contributed by atoms with van der Waals surface area (Å²) in [6.45, 7) is 6.12. The molecule has 0 aliphatic carbocycles. The van der Waals surface area contributed by atoms with Crippen LogP contribution in [0.5, 0.6) is 0 Å². The first-order valence-electron chi connectivity index (χ1n) is 4.19. The van der Waals surface area contributed by atoms with Crippen LogP contribution in [0.25, 0.3) is 0 Å². The summed E-state index contributed by atoms with van der Waals surface area (Å²) >= 11 is 0. The van der Waals surface area contributed by atoms with Gasteiger partial charge in [-0.2, -0.15) is 0 Å². The van der Waals surface area contributed by atoms with E-state index in [1.165, 1.54) is 6.20 Å². The first kappa shape index (κ1) is 9.77. The van der Waals surface area contributed by atoms with E-state index in [2.05, 4.69) is 9.97 Å². The van der Waals surface area contributed by atoms with Crippen LogP contribution in [0.15, 0.2) is 15.8 Å². The maximum absolute atomic E-state index is 11.2. The van der Waals surface area contributed by atoms with Crippen molar-refractivity contribution in [2.45, 2.75) is 27.2 Å². The van der Waals surface area contributed by atoms with Crippen LogP contribution in [0.1, 0.15) is 26.3 Å². The first-order chi connectivity index (χ1) is 5.88. The highest BCUT2D eigenvalue weighted by atomic mass is 16.2. The van der Waals surface area contributed by atoms with Crippen molar-refractivity contribution < 1.29 is 0 Å². The van der Waals surface area contributed by atoms with Crippen LogP contribution in [0.4, 0.5) is 0 Å². The Bertz CT molecular complexity index is 395. The van der Waals surface area contributed by atoms with E-state index in [0.717, 1.165) is 0 Å². The zero-order chi connectivity index (χ0) is 10.1. The summed E-state index contributed by atoms with van der Waals surface area (Å²) in [5.74, 6) is 0. The van der Waals surface area contributed by atoms with Gasteiger partial charge in [0.15, 0.2) is 0 Å². The average molecular weight is 182 g/mol. The van der Waals surface area contributed by atoms with E-state index in [0.29, 0.717) is 12.0 Å². The van der Waals surface area contributed by atoms with Crippen molar-refractivity contribution in [3.8, 4) is 0 Å². The lowest BCUT2D eigenvalue weighted by atomic mass is 9.89. The van der Waals surface area contributed by atoms with Crippen molar-refractivity contribution in [3.05, 3.63) is 32.6 Å². The SMILES string of the molecule is CC(C)(C)Cc1c[nH]c(=O)[nH]c1=O. The molecule has 0 bridgehead atoms. The average Bonchev–Trinajstić information content (AvgIpc) is 1.93. The summed E-state index contributed by atoms with van der Waals surface area (Å²) in [5.41, 5.74) is -0.0842. The zero-order valence-electron chi connectivity index (χ0n) is 8.10. The number of rotatable bonds is 1. The third-order valence-electron chi connectivity index (χ3n) is 1.62. The van der Waals surface area contributed by atoms with Gasteiger partial charge in [-0.15, -0.1) is 0 Å². The van der Waals surface area contributed by atoms with Gasteiger partial charge < -0.3 is 4.98 Å². The van der Waals surface area contributed by atoms with E-state index in [9.17, 15) is 9.59 Å². The molecule has 2 N–H and O–H groups in total. The third-order valence-corrected chi connectivity index (χ3v) is 1.62. The number of H-pyrrole nitrogens is 2. The first-order valence-corrected chi connectivity index (χ1v) is 4.19. The predicted molar refractivity (Wildman–Crippen MR) is 50.8 cm³/mol. The smallest absolute Gasteiger partial charge is 0.314 e. The molecule has 0 fully saturated rings. The maximum atomic E-state index is 11.2. The third kappa shape index (κ3) is 2.89. The second-order valence-corrected chi connectivity index (χ2v) is 4.33. The van der Waals surface area contributed by atoms with Gasteiger partial charge in [0.1, 0.15) is 0 Å². The summed E-state index contributed by atoms with van der Waals surface area (Å²) in [7, 11) is 0. The number of aromatic nitrogens is 2. The monoisotopic (exact) mass is 182 g/mol. The summed E-state index contributed by atoms with van der Waals surface area (Å²) in [4.78, 5) is 26.6. The van der Waals surface area contributed by atoms with E-state index in [4.69, 9.17) is 0 Å². The molecule has 72 valence electrons. The molecule has 0 atom stereocenters. The van der Waals surface area contributed by atoms with Gasteiger partial charge in [0.25, 0.3) is 5.56 Å². The van der Waals surface area contributed by atoms with E-state index in [1.807, 2.05) is 20.8 Å². The fourth-order valence-electron chi connectivity index (χ4n) is 1.14. The van der Waals surface area contributed by atoms with Gasteiger partial charge in [0.05, 0.1) is 0 Å². The Hall–Kier alpha value is -1.32. The van der Waals surface area contributed by atoms with Crippen molar-refractivity contribution >= 4 is 0 Å². The molecule has 0 unspecified atom stereocenters. The minimum atomic E-state index is -0.456. The number of hydrogen-bond donors (Lipinski definition) is 2. The summed E-state index contributed by atoms with van der Waals surface area (Å²) in [5, 5.41) is 0. The molecule has 13 heavy (non-hydrogen) atoms. The van der Waals surface area contributed by atoms with Gasteiger partial charge in [-0.3, -0.25) is 9.78 Å². The summed E-state index contributed by atoms with van der Waals surface area (Å²) in [6.07, 6.45) is 2.13. The van der Waals surface area contributed by atoms with E-state index in [-0.39, 0.29) is 11.0 Å². The summed E-state index contributed by atoms with van der Waals surface area (Å²) in [6, 6.07) is 0. The highest BCUT2D eigenvalue weighted by Crippen LogP contribution is 2.17. The minimum absolute atomic E-state index is 0.0469.